The number of hydrogen-bond acceptors (Lipinski definition) is 2. The second-order valence-electron chi connectivity index (χ2n) is 1.83. The van der Waals surface area contributed by atoms with Gasteiger partial charge in [-0.25, -0.2) is 0 Å². The molecule has 0 N–H and O–H groups in total. The first-order chi connectivity index (χ1) is 4.77. The van der Waals surface area contributed by atoms with E-state index in [1.807, 2.05) is 6.92 Å². The zero-order valence-electron chi connectivity index (χ0n) is 5.54. The van der Waals surface area contributed by atoms with E-state index < -0.39 is 0 Å². The quantitative estimate of drug-likeness (QED) is 0.586. The topological polar surface area (TPSA) is 34.9 Å². The van der Waals surface area contributed by atoms with Crippen molar-refractivity contribution in [3.05, 3.63) is 15.5 Å². The molecule has 4 heteroatoms. The Bertz CT molecular complexity index is 244. The van der Waals surface area contributed by atoms with Gasteiger partial charge in [-0.1, -0.05) is 0 Å². The summed E-state index contributed by atoms with van der Waals surface area (Å²) in [4.78, 5) is 10.3. The molecule has 0 aromatic carbocycles. The molecule has 0 aliphatic heterocycles. The van der Waals surface area contributed by atoms with Gasteiger partial charge in [0.1, 0.15) is 9.39 Å². The van der Waals surface area contributed by atoms with Crippen LogP contribution in [0, 0.1) is 3.70 Å². The van der Waals surface area contributed by atoms with Gasteiger partial charge in [-0.2, -0.15) is 5.10 Å². The van der Waals surface area contributed by atoms with Crippen LogP contribution in [0.4, 0.5) is 0 Å². The van der Waals surface area contributed by atoms with E-state index in [4.69, 9.17) is 0 Å². The summed E-state index contributed by atoms with van der Waals surface area (Å²) in [7, 11) is 0. The lowest BCUT2D eigenvalue weighted by Gasteiger charge is -1.94. The number of hydrogen-bond donors (Lipinski definition) is 0. The molecule has 0 atom stereocenters. The maximum Gasteiger partial charge on any atom is 0.168 e. The molecule has 1 heterocycles. The van der Waals surface area contributed by atoms with Crippen LogP contribution in [0.25, 0.3) is 0 Å². The molecule has 0 aliphatic rings. The fraction of sp³-hybridized carbons (Fsp3) is 0.333. The summed E-state index contributed by atoms with van der Waals surface area (Å²) in [6, 6.07) is 1.76. The third-order valence-corrected chi connectivity index (χ3v) is 1.73. The lowest BCUT2D eigenvalue weighted by Crippen LogP contribution is -2.00. The molecule has 0 unspecified atom stereocenters. The van der Waals surface area contributed by atoms with E-state index in [0.717, 1.165) is 16.5 Å². The van der Waals surface area contributed by atoms with E-state index in [0.29, 0.717) is 5.69 Å². The van der Waals surface area contributed by atoms with Crippen LogP contribution in [0.3, 0.4) is 0 Å². The molecule has 54 valence electrons. The molecular formula is C6H7IN2O. The Balaban J connectivity index is 3.08. The van der Waals surface area contributed by atoms with Crippen molar-refractivity contribution in [3.8, 4) is 0 Å². The first-order valence-corrected chi connectivity index (χ1v) is 4.04. The van der Waals surface area contributed by atoms with E-state index in [2.05, 4.69) is 27.7 Å². The van der Waals surface area contributed by atoms with Crippen molar-refractivity contribution in [2.75, 3.05) is 0 Å². The number of rotatable bonds is 2. The lowest BCUT2D eigenvalue weighted by molar-refractivity contribution is 0.111. The van der Waals surface area contributed by atoms with E-state index in [1.54, 1.807) is 10.7 Å². The third-order valence-electron chi connectivity index (χ3n) is 1.20. The number of carbonyl (C=O) groups excluding carboxylic acids is 1. The number of carbonyl (C=O) groups is 1. The van der Waals surface area contributed by atoms with Crippen molar-refractivity contribution in [2.24, 2.45) is 0 Å². The molecule has 0 fully saturated rings. The molecule has 0 amide bonds. The maximum absolute atomic E-state index is 10.3. The van der Waals surface area contributed by atoms with Gasteiger partial charge in [-0.05, 0) is 29.5 Å². The molecule has 0 saturated carbocycles. The Morgan fingerprint density at radius 2 is 2.60 bits per heavy atom. The van der Waals surface area contributed by atoms with Crippen LogP contribution < -0.4 is 0 Å². The number of halogens is 1. The molecule has 0 saturated heterocycles. The fourth-order valence-corrected chi connectivity index (χ4v) is 1.33. The van der Waals surface area contributed by atoms with Gasteiger partial charge in [-0.15, -0.1) is 0 Å². The second kappa shape index (κ2) is 3.14. The largest absolute Gasteiger partial charge is 0.296 e. The van der Waals surface area contributed by atoms with Crippen LogP contribution in [-0.2, 0) is 6.54 Å². The monoisotopic (exact) mass is 250 g/mol. The number of aryl methyl sites for hydroxylation is 1. The zero-order valence-corrected chi connectivity index (χ0v) is 7.70. The van der Waals surface area contributed by atoms with Gasteiger partial charge < -0.3 is 0 Å². The van der Waals surface area contributed by atoms with Gasteiger partial charge >= 0.3 is 0 Å². The molecule has 10 heavy (non-hydrogen) atoms. The molecule has 1 aromatic heterocycles. The third kappa shape index (κ3) is 1.36. The molecule has 0 bridgehead atoms. The van der Waals surface area contributed by atoms with Gasteiger partial charge in [-0.3, -0.25) is 9.48 Å². The van der Waals surface area contributed by atoms with Crippen molar-refractivity contribution < 1.29 is 4.79 Å². The van der Waals surface area contributed by atoms with Crippen molar-refractivity contribution in [1.82, 2.24) is 9.78 Å². The molecule has 0 spiro atoms. The molecular weight excluding hydrogens is 243 g/mol. The van der Waals surface area contributed by atoms with Crippen LogP contribution in [0.2, 0.25) is 0 Å². The fourth-order valence-electron chi connectivity index (χ4n) is 0.747. The van der Waals surface area contributed by atoms with Crippen LogP contribution in [0.5, 0.6) is 0 Å². The van der Waals surface area contributed by atoms with Gasteiger partial charge in [0, 0.05) is 12.6 Å². The Hall–Kier alpha value is -0.390. The Morgan fingerprint density at radius 3 is 3.00 bits per heavy atom. The predicted molar refractivity (Wildman–Crippen MR) is 46.0 cm³/mol. The molecule has 0 aliphatic carbocycles. The highest BCUT2D eigenvalue weighted by Gasteiger charge is 2.01. The standard InChI is InChI=1S/C6H7IN2O/c1-2-9-5(4-10)3-6(7)8-9/h3-4H,2H2,1H3. The van der Waals surface area contributed by atoms with E-state index in [1.165, 1.54) is 0 Å². The van der Waals surface area contributed by atoms with Crippen LogP contribution >= 0.6 is 22.6 Å². The van der Waals surface area contributed by atoms with Gasteiger partial charge in [0.25, 0.3) is 0 Å². The summed E-state index contributed by atoms with van der Waals surface area (Å²) >= 11 is 2.08. The number of aldehydes is 1. The predicted octanol–water partition coefficient (Wildman–Crippen LogP) is 1.32. The second-order valence-corrected chi connectivity index (χ2v) is 2.93. The summed E-state index contributed by atoms with van der Waals surface area (Å²) in [6.45, 7) is 2.70. The van der Waals surface area contributed by atoms with Crippen molar-refractivity contribution in [3.63, 3.8) is 0 Å². The SMILES string of the molecule is CCn1nc(I)cc1C=O. The minimum absolute atomic E-state index is 0.645. The minimum Gasteiger partial charge on any atom is -0.296 e. The summed E-state index contributed by atoms with van der Waals surface area (Å²) in [5.41, 5.74) is 0.645. The van der Waals surface area contributed by atoms with E-state index in [-0.39, 0.29) is 0 Å². The molecule has 3 nitrogen and oxygen atoms in total. The average Bonchev–Trinajstić information content (AvgIpc) is 2.30. The lowest BCUT2D eigenvalue weighted by atomic mass is 10.5. The number of nitrogens with zero attached hydrogens (tertiary/aromatic N) is 2. The average molecular weight is 250 g/mol. The van der Waals surface area contributed by atoms with Gasteiger partial charge in [0.05, 0.1) is 0 Å². The Morgan fingerprint density at radius 1 is 1.90 bits per heavy atom. The summed E-state index contributed by atoms with van der Waals surface area (Å²) in [5.74, 6) is 0. The van der Waals surface area contributed by atoms with Crippen LogP contribution in [-0.4, -0.2) is 16.1 Å². The highest BCUT2D eigenvalue weighted by Crippen LogP contribution is 2.04. The van der Waals surface area contributed by atoms with E-state index in [9.17, 15) is 4.79 Å². The summed E-state index contributed by atoms with van der Waals surface area (Å²) in [6.07, 6.45) is 0.818. The van der Waals surface area contributed by atoms with Gasteiger partial charge in [0.2, 0.25) is 0 Å². The van der Waals surface area contributed by atoms with Crippen LogP contribution in [0.1, 0.15) is 17.4 Å². The highest BCUT2D eigenvalue weighted by atomic mass is 127. The normalized spacial score (nSPS) is 9.80. The zero-order chi connectivity index (χ0) is 7.56. The van der Waals surface area contributed by atoms with Gasteiger partial charge in [0.15, 0.2) is 6.29 Å². The maximum atomic E-state index is 10.3. The Kier molecular flexibility index (Phi) is 2.42. The highest BCUT2D eigenvalue weighted by molar-refractivity contribution is 14.1. The number of aromatic nitrogens is 2. The Labute approximate surface area is 72.6 Å². The molecule has 1 aromatic rings. The van der Waals surface area contributed by atoms with E-state index >= 15 is 0 Å². The minimum atomic E-state index is 0.645. The summed E-state index contributed by atoms with van der Waals surface area (Å²) < 4.78 is 2.54. The summed E-state index contributed by atoms with van der Waals surface area (Å²) in [5, 5.41) is 4.07. The molecule has 1 rings (SSSR count). The molecule has 0 radical (unpaired) electrons. The van der Waals surface area contributed by atoms with Crippen molar-refractivity contribution in [2.45, 2.75) is 13.5 Å². The van der Waals surface area contributed by atoms with Crippen molar-refractivity contribution >= 4 is 28.9 Å². The first-order valence-electron chi connectivity index (χ1n) is 2.96. The smallest absolute Gasteiger partial charge is 0.168 e. The van der Waals surface area contributed by atoms with Crippen molar-refractivity contribution in [1.29, 1.82) is 0 Å². The van der Waals surface area contributed by atoms with Crippen LogP contribution in [0.15, 0.2) is 6.07 Å². The first kappa shape index (κ1) is 7.71.